The molecule has 2 atom stereocenters. The average Bonchev–Trinajstić information content (AvgIpc) is 2.48. The Kier molecular flexibility index (Phi) is 2.31. The van der Waals surface area contributed by atoms with Crippen molar-refractivity contribution in [1.82, 2.24) is 4.90 Å². The highest BCUT2D eigenvalue weighted by Gasteiger charge is 2.41. The maximum absolute atomic E-state index is 11.1. The lowest BCUT2D eigenvalue weighted by Crippen LogP contribution is -2.37. The van der Waals surface area contributed by atoms with Crippen molar-refractivity contribution in [3.8, 4) is 0 Å². The lowest BCUT2D eigenvalue weighted by atomic mass is 9.92. The van der Waals surface area contributed by atoms with Crippen LogP contribution in [0.5, 0.6) is 0 Å². The van der Waals surface area contributed by atoms with Gasteiger partial charge < -0.3 is 14.4 Å². The molecule has 0 saturated carbocycles. The Morgan fingerprint density at radius 2 is 2.50 bits per heavy atom. The minimum absolute atomic E-state index is 0.115. The predicted molar refractivity (Wildman–Crippen MR) is 46.6 cm³/mol. The fraction of sp³-hybridized carbons (Fsp3) is 0.778. The van der Waals surface area contributed by atoms with E-state index in [1.165, 1.54) is 7.11 Å². The zero-order valence-electron chi connectivity index (χ0n) is 8.06. The van der Waals surface area contributed by atoms with Crippen molar-refractivity contribution < 1.29 is 19.1 Å². The molecule has 14 heavy (non-hydrogen) atoms. The van der Waals surface area contributed by atoms with Crippen LogP contribution in [0.15, 0.2) is 0 Å². The Hall–Kier alpha value is -1.26. The molecule has 1 amide bonds. The van der Waals surface area contributed by atoms with Gasteiger partial charge in [-0.2, -0.15) is 0 Å². The number of methoxy groups -OCH3 is 1. The Morgan fingerprint density at radius 3 is 3.21 bits per heavy atom. The molecule has 2 aliphatic heterocycles. The Bertz CT molecular complexity index is 266. The lowest BCUT2D eigenvalue weighted by Gasteiger charge is -2.25. The second-order valence-electron chi connectivity index (χ2n) is 3.70. The fourth-order valence-corrected chi connectivity index (χ4v) is 2.00. The van der Waals surface area contributed by atoms with Gasteiger partial charge in [-0.05, 0) is 6.42 Å². The molecule has 78 valence electrons. The van der Waals surface area contributed by atoms with Crippen LogP contribution in [0, 0.1) is 5.92 Å². The molecule has 2 fully saturated rings. The van der Waals surface area contributed by atoms with Gasteiger partial charge in [0.15, 0.2) is 0 Å². The topological polar surface area (TPSA) is 55.8 Å². The third-order valence-corrected chi connectivity index (χ3v) is 2.86. The van der Waals surface area contributed by atoms with Crippen molar-refractivity contribution in [2.45, 2.75) is 18.9 Å². The number of rotatable bonds is 2. The summed E-state index contributed by atoms with van der Waals surface area (Å²) in [5.74, 6) is -0.100. The summed E-state index contributed by atoms with van der Waals surface area (Å²) < 4.78 is 9.72. The fourth-order valence-electron chi connectivity index (χ4n) is 2.00. The number of hydrogen-bond acceptors (Lipinski definition) is 4. The summed E-state index contributed by atoms with van der Waals surface area (Å²) in [6.07, 6.45) is 0.811. The van der Waals surface area contributed by atoms with Gasteiger partial charge in [0.2, 0.25) is 0 Å². The molecule has 0 N–H and O–H groups in total. The molecule has 2 unspecified atom stereocenters. The Labute approximate surface area is 82.0 Å². The van der Waals surface area contributed by atoms with Crippen LogP contribution in [0.3, 0.4) is 0 Å². The SMILES string of the molecule is COC(=O)CC1CCN2CC1OC2=O. The molecule has 5 nitrogen and oxygen atoms in total. The zero-order valence-corrected chi connectivity index (χ0v) is 8.06. The quantitative estimate of drug-likeness (QED) is 0.604. The van der Waals surface area contributed by atoms with E-state index >= 15 is 0 Å². The van der Waals surface area contributed by atoms with Gasteiger partial charge in [0.25, 0.3) is 0 Å². The van der Waals surface area contributed by atoms with Crippen LogP contribution in [-0.4, -0.2) is 43.3 Å². The molecule has 2 saturated heterocycles. The van der Waals surface area contributed by atoms with Gasteiger partial charge in [0.1, 0.15) is 6.10 Å². The van der Waals surface area contributed by atoms with E-state index in [0.29, 0.717) is 19.5 Å². The van der Waals surface area contributed by atoms with Crippen LogP contribution in [0.25, 0.3) is 0 Å². The standard InChI is InChI=1S/C9H13NO4/c1-13-8(11)4-6-2-3-10-5-7(6)14-9(10)12/h6-7H,2-5H2,1H3. The van der Waals surface area contributed by atoms with Crippen molar-refractivity contribution in [3.05, 3.63) is 0 Å². The normalized spacial score (nSPS) is 30.1. The van der Waals surface area contributed by atoms with Crippen molar-refractivity contribution in [1.29, 1.82) is 0 Å². The first-order valence-corrected chi connectivity index (χ1v) is 4.73. The van der Waals surface area contributed by atoms with E-state index in [9.17, 15) is 9.59 Å². The third-order valence-electron chi connectivity index (χ3n) is 2.86. The van der Waals surface area contributed by atoms with Crippen molar-refractivity contribution in [2.75, 3.05) is 20.2 Å². The molecule has 0 aromatic carbocycles. The molecule has 0 aliphatic carbocycles. The minimum Gasteiger partial charge on any atom is -0.469 e. The second kappa shape index (κ2) is 3.48. The maximum atomic E-state index is 11.1. The summed E-state index contributed by atoms with van der Waals surface area (Å²) in [5, 5.41) is 0. The summed E-state index contributed by atoms with van der Waals surface area (Å²) in [6, 6.07) is 0. The molecule has 2 bridgehead atoms. The molecule has 0 aromatic rings. The van der Waals surface area contributed by atoms with E-state index in [2.05, 4.69) is 4.74 Å². The predicted octanol–water partition coefficient (Wildman–Crippen LogP) is 0.390. The number of carbonyl (C=O) groups excluding carboxylic acids is 2. The van der Waals surface area contributed by atoms with E-state index in [0.717, 1.165) is 6.42 Å². The van der Waals surface area contributed by atoms with Crippen molar-refractivity contribution in [3.63, 3.8) is 0 Å². The lowest BCUT2D eigenvalue weighted by molar-refractivity contribution is -0.142. The highest BCUT2D eigenvalue weighted by Crippen LogP contribution is 2.29. The first kappa shape index (κ1) is 9.30. The summed E-state index contributed by atoms with van der Waals surface area (Å²) in [7, 11) is 1.37. The molecule has 2 rings (SSSR count). The number of esters is 1. The first-order valence-electron chi connectivity index (χ1n) is 4.73. The second-order valence-corrected chi connectivity index (χ2v) is 3.70. The van der Waals surface area contributed by atoms with Crippen molar-refractivity contribution in [2.24, 2.45) is 5.92 Å². The molecular formula is C9H13NO4. The minimum atomic E-state index is -0.248. The van der Waals surface area contributed by atoms with Gasteiger partial charge in [0, 0.05) is 12.5 Å². The molecule has 0 aromatic heterocycles. The van der Waals surface area contributed by atoms with Gasteiger partial charge in [-0.3, -0.25) is 4.79 Å². The van der Waals surface area contributed by atoms with Crippen LogP contribution in [0.4, 0.5) is 4.79 Å². The monoisotopic (exact) mass is 199 g/mol. The number of piperidine rings is 1. The molecule has 5 heteroatoms. The summed E-state index contributed by atoms with van der Waals surface area (Å²) in [6.45, 7) is 1.32. The number of nitrogens with zero attached hydrogens (tertiary/aromatic N) is 1. The number of fused-ring (bicyclic) bond motifs is 2. The molecule has 2 heterocycles. The average molecular weight is 199 g/mol. The maximum Gasteiger partial charge on any atom is 0.410 e. The van der Waals surface area contributed by atoms with E-state index < -0.39 is 0 Å². The first-order chi connectivity index (χ1) is 6.70. The Morgan fingerprint density at radius 1 is 1.71 bits per heavy atom. The zero-order chi connectivity index (χ0) is 10.1. The van der Waals surface area contributed by atoms with Crippen LogP contribution in [0.2, 0.25) is 0 Å². The highest BCUT2D eigenvalue weighted by molar-refractivity contribution is 5.72. The van der Waals surface area contributed by atoms with Gasteiger partial charge in [-0.15, -0.1) is 0 Å². The van der Waals surface area contributed by atoms with Gasteiger partial charge in [0.05, 0.1) is 20.1 Å². The molecular weight excluding hydrogens is 186 g/mol. The van der Waals surface area contributed by atoms with Crippen LogP contribution >= 0.6 is 0 Å². The third kappa shape index (κ3) is 1.54. The number of ether oxygens (including phenoxy) is 2. The summed E-state index contributed by atoms with van der Waals surface area (Å²) in [5.41, 5.74) is 0. The van der Waals surface area contributed by atoms with E-state index in [1.807, 2.05) is 0 Å². The van der Waals surface area contributed by atoms with Crippen LogP contribution in [0.1, 0.15) is 12.8 Å². The van der Waals surface area contributed by atoms with Crippen LogP contribution in [-0.2, 0) is 14.3 Å². The molecule has 2 aliphatic rings. The number of amides is 1. The van der Waals surface area contributed by atoms with Gasteiger partial charge >= 0.3 is 12.1 Å². The van der Waals surface area contributed by atoms with E-state index in [4.69, 9.17) is 4.74 Å². The van der Waals surface area contributed by atoms with Gasteiger partial charge in [-0.25, -0.2) is 4.79 Å². The number of hydrogen-bond donors (Lipinski definition) is 0. The molecule has 0 radical (unpaired) electrons. The van der Waals surface area contributed by atoms with E-state index in [1.54, 1.807) is 4.90 Å². The highest BCUT2D eigenvalue weighted by atomic mass is 16.6. The van der Waals surface area contributed by atoms with E-state index in [-0.39, 0.29) is 24.1 Å². The summed E-state index contributed by atoms with van der Waals surface area (Å²) >= 11 is 0. The summed E-state index contributed by atoms with van der Waals surface area (Å²) in [4.78, 5) is 23.9. The van der Waals surface area contributed by atoms with Crippen molar-refractivity contribution >= 4 is 12.1 Å². The van der Waals surface area contributed by atoms with Crippen LogP contribution < -0.4 is 0 Å². The Balaban J connectivity index is 1.95. The number of carbonyl (C=O) groups is 2. The molecule has 0 spiro atoms. The smallest absolute Gasteiger partial charge is 0.410 e. The largest absolute Gasteiger partial charge is 0.469 e. The van der Waals surface area contributed by atoms with Gasteiger partial charge in [-0.1, -0.05) is 0 Å².